The summed E-state index contributed by atoms with van der Waals surface area (Å²) < 4.78 is 0. The van der Waals surface area contributed by atoms with E-state index in [2.05, 4.69) is 46.6 Å². The number of urea groups is 1. The SMILES string of the molecule is O=C(NCc1ccccc1)N1CC(C(=O)N2CCN(Cc3ccccc3)CC2)CC(c2ccccc2)C1. The van der Waals surface area contributed by atoms with Crippen LogP contribution in [0.5, 0.6) is 0 Å². The zero-order valence-corrected chi connectivity index (χ0v) is 21.3. The molecule has 2 saturated heterocycles. The zero-order chi connectivity index (χ0) is 25.5. The molecule has 0 aromatic heterocycles. The number of rotatable bonds is 6. The summed E-state index contributed by atoms with van der Waals surface area (Å²) in [4.78, 5) is 33.2. The predicted molar refractivity (Wildman–Crippen MR) is 146 cm³/mol. The number of hydrogen-bond donors (Lipinski definition) is 1. The van der Waals surface area contributed by atoms with Crippen LogP contribution >= 0.6 is 0 Å². The van der Waals surface area contributed by atoms with E-state index in [0.29, 0.717) is 19.6 Å². The van der Waals surface area contributed by atoms with Gasteiger partial charge in [-0.1, -0.05) is 91.0 Å². The van der Waals surface area contributed by atoms with Crippen LogP contribution in [-0.4, -0.2) is 65.9 Å². The summed E-state index contributed by atoms with van der Waals surface area (Å²) in [6.45, 7) is 5.70. The van der Waals surface area contributed by atoms with E-state index in [1.807, 2.05) is 64.4 Å². The monoisotopic (exact) mass is 496 g/mol. The highest BCUT2D eigenvalue weighted by Gasteiger charge is 2.37. The first-order chi connectivity index (χ1) is 18.2. The Balaban J connectivity index is 1.22. The number of amides is 3. The molecule has 0 spiro atoms. The Morgan fingerprint density at radius 2 is 1.30 bits per heavy atom. The number of benzene rings is 3. The highest BCUT2D eigenvalue weighted by Crippen LogP contribution is 2.31. The van der Waals surface area contributed by atoms with E-state index in [1.54, 1.807) is 0 Å². The Labute approximate surface area is 219 Å². The number of nitrogens with zero attached hydrogens (tertiary/aromatic N) is 3. The third-order valence-corrected chi connectivity index (χ3v) is 7.58. The number of hydrogen-bond acceptors (Lipinski definition) is 3. The molecule has 1 N–H and O–H groups in total. The van der Waals surface area contributed by atoms with Gasteiger partial charge in [0.2, 0.25) is 5.91 Å². The molecule has 5 rings (SSSR count). The third kappa shape index (κ3) is 6.57. The summed E-state index contributed by atoms with van der Waals surface area (Å²) in [5.41, 5.74) is 3.56. The topological polar surface area (TPSA) is 55.9 Å². The fraction of sp³-hybridized carbons (Fsp3) is 0.355. The smallest absolute Gasteiger partial charge is 0.317 e. The van der Waals surface area contributed by atoms with Gasteiger partial charge in [-0.05, 0) is 23.1 Å². The van der Waals surface area contributed by atoms with Crippen molar-refractivity contribution in [1.29, 1.82) is 0 Å². The number of likely N-dealkylation sites (tertiary alicyclic amines) is 1. The van der Waals surface area contributed by atoms with Crippen LogP contribution in [0.1, 0.15) is 29.0 Å². The molecular formula is C31H36N4O2. The van der Waals surface area contributed by atoms with Crippen molar-refractivity contribution >= 4 is 11.9 Å². The second-order valence-electron chi connectivity index (χ2n) is 10.2. The van der Waals surface area contributed by atoms with Crippen LogP contribution in [0, 0.1) is 5.92 Å². The van der Waals surface area contributed by atoms with Crippen LogP contribution in [0.15, 0.2) is 91.0 Å². The molecule has 6 nitrogen and oxygen atoms in total. The largest absolute Gasteiger partial charge is 0.340 e. The molecule has 3 amide bonds. The molecule has 0 aliphatic carbocycles. The summed E-state index contributed by atoms with van der Waals surface area (Å²) in [5.74, 6) is 0.133. The number of carbonyl (C=O) groups is 2. The first kappa shape index (κ1) is 25.0. The lowest BCUT2D eigenvalue weighted by Crippen LogP contribution is -2.54. The molecule has 3 aromatic carbocycles. The lowest BCUT2D eigenvalue weighted by molar-refractivity contribution is -0.139. The van der Waals surface area contributed by atoms with E-state index >= 15 is 0 Å². The van der Waals surface area contributed by atoms with Gasteiger partial charge >= 0.3 is 6.03 Å². The first-order valence-electron chi connectivity index (χ1n) is 13.3. The first-order valence-corrected chi connectivity index (χ1v) is 13.3. The fourth-order valence-corrected chi connectivity index (χ4v) is 5.52. The molecule has 0 bridgehead atoms. The average molecular weight is 497 g/mol. The van der Waals surface area contributed by atoms with E-state index in [-0.39, 0.29) is 23.8 Å². The number of piperidine rings is 1. The average Bonchev–Trinajstić information content (AvgIpc) is 2.97. The standard InChI is InChI=1S/C31H36N4O2/c36-30(34-18-16-33(17-19-34)22-26-12-6-2-7-13-26)29-20-28(27-14-8-3-9-15-27)23-35(24-29)31(37)32-21-25-10-4-1-5-11-25/h1-15,28-29H,16-24H2,(H,32,37). The van der Waals surface area contributed by atoms with E-state index in [4.69, 9.17) is 0 Å². The van der Waals surface area contributed by atoms with Crippen LogP contribution in [0.2, 0.25) is 0 Å². The van der Waals surface area contributed by atoms with Gasteiger partial charge in [-0.25, -0.2) is 4.79 Å². The van der Waals surface area contributed by atoms with Crippen molar-refractivity contribution in [2.24, 2.45) is 5.92 Å². The van der Waals surface area contributed by atoms with Gasteiger partial charge in [-0.3, -0.25) is 9.69 Å². The molecular weight excluding hydrogens is 460 g/mol. The molecule has 2 aliphatic rings. The maximum absolute atomic E-state index is 13.7. The molecule has 2 heterocycles. The van der Waals surface area contributed by atoms with Gasteiger partial charge in [0.15, 0.2) is 0 Å². The molecule has 2 unspecified atom stereocenters. The molecule has 3 aromatic rings. The second-order valence-corrected chi connectivity index (χ2v) is 10.2. The molecule has 37 heavy (non-hydrogen) atoms. The number of nitrogens with one attached hydrogen (secondary N) is 1. The van der Waals surface area contributed by atoms with Gasteiger partial charge in [-0.2, -0.15) is 0 Å². The van der Waals surface area contributed by atoms with Crippen LogP contribution in [0.25, 0.3) is 0 Å². The summed E-state index contributed by atoms with van der Waals surface area (Å²) >= 11 is 0. The molecule has 6 heteroatoms. The highest BCUT2D eigenvalue weighted by atomic mass is 16.2. The van der Waals surface area contributed by atoms with Crippen molar-refractivity contribution in [3.05, 3.63) is 108 Å². The predicted octanol–water partition coefficient (Wildman–Crippen LogP) is 4.35. The van der Waals surface area contributed by atoms with Gasteiger partial charge < -0.3 is 15.1 Å². The van der Waals surface area contributed by atoms with Crippen molar-refractivity contribution in [2.45, 2.75) is 25.4 Å². The normalized spacial score (nSPS) is 20.4. The highest BCUT2D eigenvalue weighted by molar-refractivity contribution is 5.81. The Morgan fingerprint density at radius 1 is 0.703 bits per heavy atom. The number of carbonyl (C=O) groups excluding carboxylic acids is 2. The third-order valence-electron chi connectivity index (χ3n) is 7.58. The lowest BCUT2D eigenvalue weighted by atomic mass is 9.84. The van der Waals surface area contributed by atoms with Gasteiger partial charge in [-0.15, -0.1) is 0 Å². The Hall–Kier alpha value is -3.64. The molecule has 192 valence electrons. The van der Waals surface area contributed by atoms with Crippen LogP contribution in [0.4, 0.5) is 4.79 Å². The fourth-order valence-electron chi connectivity index (χ4n) is 5.52. The van der Waals surface area contributed by atoms with Gasteiger partial charge in [0, 0.05) is 58.3 Å². The van der Waals surface area contributed by atoms with Crippen LogP contribution in [-0.2, 0) is 17.9 Å². The van der Waals surface area contributed by atoms with E-state index in [0.717, 1.165) is 44.7 Å². The van der Waals surface area contributed by atoms with Crippen LogP contribution < -0.4 is 5.32 Å². The van der Waals surface area contributed by atoms with Crippen molar-refractivity contribution in [3.8, 4) is 0 Å². The van der Waals surface area contributed by atoms with Crippen molar-refractivity contribution in [2.75, 3.05) is 39.3 Å². The minimum absolute atomic E-state index is 0.102. The molecule has 2 atom stereocenters. The van der Waals surface area contributed by atoms with Crippen LogP contribution in [0.3, 0.4) is 0 Å². The van der Waals surface area contributed by atoms with Crippen molar-refractivity contribution < 1.29 is 9.59 Å². The van der Waals surface area contributed by atoms with Crippen molar-refractivity contribution in [1.82, 2.24) is 20.0 Å². The molecule has 2 fully saturated rings. The number of piperazine rings is 1. The Kier molecular flexibility index (Phi) is 8.16. The lowest BCUT2D eigenvalue weighted by Gasteiger charge is -2.41. The summed E-state index contributed by atoms with van der Waals surface area (Å²) in [5, 5.41) is 3.06. The van der Waals surface area contributed by atoms with E-state index in [9.17, 15) is 9.59 Å². The maximum atomic E-state index is 13.7. The Bertz CT molecular complexity index is 1150. The quantitative estimate of drug-likeness (QED) is 0.552. The van der Waals surface area contributed by atoms with Crippen molar-refractivity contribution in [3.63, 3.8) is 0 Å². The summed E-state index contributed by atoms with van der Waals surface area (Å²) in [6.07, 6.45) is 0.773. The van der Waals surface area contributed by atoms with E-state index in [1.165, 1.54) is 11.1 Å². The minimum Gasteiger partial charge on any atom is -0.340 e. The molecule has 0 saturated carbocycles. The Morgan fingerprint density at radius 3 is 1.95 bits per heavy atom. The second kappa shape index (κ2) is 12.1. The zero-order valence-electron chi connectivity index (χ0n) is 21.3. The molecule has 0 radical (unpaired) electrons. The van der Waals surface area contributed by atoms with Gasteiger partial charge in [0.1, 0.15) is 0 Å². The molecule has 2 aliphatic heterocycles. The van der Waals surface area contributed by atoms with Gasteiger partial charge in [0.05, 0.1) is 5.92 Å². The van der Waals surface area contributed by atoms with E-state index < -0.39 is 0 Å². The summed E-state index contributed by atoms with van der Waals surface area (Å²) in [7, 11) is 0. The minimum atomic E-state index is -0.192. The summed E-state index contributed by atoms with van der Waals surface area (Å²) in [6, 6.07) is 30.6. The maximum Gasteiger partial charge on any atom is 0.317 e. The van der Waals surface area contributed by atoms with Gasteiger partial charge in [0.25, 0.3) is 0 Å².